The van der Waals surface area contributed by atoms with E-state index in [9.17, 15) is 24.3 Å². The number of nitrogens with one attached hydrogen (secondary N) is 1. The molecule has 3 aliphatic rings. The van der Waals surface area contributed by atoms with Gasteiger partial charge in [0.25, 0.3) is 17.7 Å². The Bertz CT molecular complexity index is 1470. The highest BCUT2D eigenvalue weighted by atomic mass is 79.9. The molecule has 2 atom stereocenters. The SMILES string of the molecule is CN(C)C(=O)C[n+]1ccc(SCC2=C(C(=O)O)N3C(=O)[C@@H](NC(=O)/C(=N\OC4CCCC4)c4csc(N)n4)[C@H]3CO2)cc1.[Br-]. The quantitative estimate of drug-likeness (QED) is 0.0748. The molecule has 2 fully saturated rings. The lowest BCUT2D eigenvalue weighted by Gasteiger charge is -2.49. The van der Waals surface area contributed by atoms with E-state index in [0.717, 1.165) is 46.8 Å². The number of pyridine rings is 1. The smallest absolute Gasteiger partial charge is 0.356 e. The molecule has 0 radical (unpaired) electrons. The van der Waals surface area contributed by atoms with Crippen LogP contribution in [0.3, 0.4) is 0 Å². The predicted octanol–water partition coefficient (Wildman–Crippen LogP) is -2.42. The maximum Gasteiger partial charge on any atom is 0.356 e. The van der Waals surface area contributed by atoms with E-state index in [-0.39, 0.29) is 75.9 Å². The minimum atomic E-state index is -1.31. The molecule has 2 aromatic heterocycles. The number of oxime groups is 1. The number of likely N-dealkylation sites (N-methyl/N-ethyl adjacent to an activating group) is 1. The number of carbonyl (C=O) groups excluding carboxylic acids is 3. The number of amides is 3. The van der Waals surface area contributed by atoms with Crippen LogP contribution in [0.15, 0.2) is 51.4 Å². The largest absolute Gasteiger partial charge is 1.00 e. The second kappa shape index (κ2) is 14.4. The fourth-order valence-electron chi connectivity index (χ4n) is 4.89. The van der Waals surface area contributed by atoms with Crippen molar-refractivity contribution in [3.63, 3.8) is 0 Å². The van der Waals surface area contributed by atoms with E-state index in [2.05, 4.69) is 15.5 Å². The molecule has 2 aromatic rings. The van der Waals surface area contributed by atoms with E-state index in [0.29, 0.717) is 0 Å². The van der Waals surface area contributed by atoms with Crippen LogP contribution < -0.4 is 32.6 Å². The number of nitrogens with zero attached hydrogens (tertiary/aromatic N) is 5. The van der Waals surface area contributed by atoms with Gasteiger partial charge in [-0.1, -0.05) is 5.16 Å². The third-order valence-electron chi connectivity index (χ3n) is 7.26. The molecule has 4 N–H and O–H groups in total. The lowest BCUT2D eigenvalue weighted by atomic mass is 9.92. The Morgan fingerprint density at radius 1 is 1.30 bits per heavy atom. The van der Waals surface area contributed by atoms with Gasteiger partial charge in [0.1, 0.15) is 36.2 Å². The van der Waals surface area contributed by atoms with Crippen LogP contribution in [0.2, 0.25) is 0 Å². The summed E-state index contributed by atoms with van der Waals surface area (Å²) in [6.45, 7) is 0.198. The molecule has 0 spiro atoms. The first-order chi connectivity index (χ1) is 20.6. The van der Waals surface area contributed by atoms with Crippen LogP contribution in [0.5, 0.6) is 0 Å². The molecule has 1 saturated heterocycles. The molecule has 1 saturated carbocycles. The Morgan fingerprint density at radius 3 is 2.61 bits per heavy atom. The average molecular weight is 711 g/mol. The summed E-state index contributed by atoms with van der Waals surface area (Å²) in [5, 5.41) is 18.5. The number of ether oxygens (including phenoxy) is 1. The third kappa shape index (κ3) is 7.32. The first-order valence-electron chi connectivity index (χ1n) is 13.6. The van der Waals surface area contributed by atoms with Gasteiger partial charge in [-0.3, -0.25) is 19.3 Å². The van der Waals surface area contributed by atoms with Crippen LogP contribution in [-0.4, -0.2) is 93.9 Å². The maximum absolute atomic E-state index is 13.3. The van der Waals surface area contributed by atoms with Crippen LogP contribution in [0.1, 0.15) is 31.4 Å². The van der Waals surface area contributed by atoms with Crippen molar-refractivity contribution >= 4 is 57.6 Å². The maximum atomic E-state index is 13.3. The molecule has 17 heteroatoms. The van der Waals surface area contributed by atoms with Gasteiger partial charge in [-0.15, -0.1) is 23.1 Å². The van der Waals surface area contributed by atoms with Gasteiger partial charge in [-0.05, 0) is 25.7 Å². The summed E-state index contributed by atoms with van der Waals surface area (Å²) in [6.07, 6.45) is 7.12. The number of thiazole rings is 1. The van der Waals surface area contributed by atoms with E-state index in [1.54, 1.807) is 36.4 Å². The van der Waals surface area contributed by atoms with Gasteiger partial charge in [0.05, 0.1) is 5.75 Å². The molecule has 0 aromatic carbocycles. The second-order valence-electron chi connectivity index (χ2n) is 10.4. The summed E-state index contributed by atoms with van der Waals surface area (Å²) in [5.74, 6) is -2.29. The molecule has 3 amide bonds. The van der Waals surface area contributed by atoms with Gasteiger partial charge in [0.2, 0.25) is 6.54 Å². The first kappa shape index (κ1) is 33.2. The van der Waals surface area contributed by atoms with Crippen molar-refractivity contribution in [2.45, 2.75) is 55.3 Å². The van der Waals surface area contributed by atoms with Crippen LogP contribution in [0.25, 0.3) is 0 Å². The number of carbonyl (C=O) groups is 4. The van der Waals surface area contributed by atoms with Crippen LogP contribution in [0, 0.1) is 0 Å². The number of aromatic nitrogens is 2. The zero-order valence-corrected chi connectivity index (χ0v) is 27.2. The highest BCUT2D eigenvalue weighted by Crippen LogP contribution is 2.35. The molecule has 0 unspecified atom stereocenters. The molecular weight excluding hydrogens is 678 g/mol. The summed E-state index contributed by atoms with van der Waals surface area (Å²) in [6, 6.07) is 1.90. The predicted molar refractivity (Wildman–Crippen MR) is 156 cm³/mol. The van der Waals surface area contributed by atoms with Crippen molar-refractivity contribution in [2.75, 3.05) is 32.2 Å². The lowest BCUT2D eigenvalue weighted by Crippen LogP contribution is -3.00. The molecule has 0 bridgehead atoms. The van der Waals surface area contributed by atoms with Crippen LogP contribution >= 0.6 is 23.1 Å². The van der Waals surface area contributed by atoms with Gasteiger partial charge >= 0.3 is 5.97 Å². The number of thioether (sulfide) groups is 1. The van der Waals surface area contributed by atoms with Gasteiger partial charge in [-0.2, -0.15) is 4.57 Å². The summed E-state index contributed by atoms with van der Waals surface area (Å²) < 4.78 is 7.57. The number of β-lactam (4-membered cyclic amide) rings is 1. The van der Waals surface area contributed by atoms with Gasteiger partial charge < -0.3 is 47.6 Å². The first-order valence-corrected chi connectivity index (χ1v) is 15.5. The number of fused-ring (bicyclic) bond motifs is 1. The molecule has 5 rings (SSSR count). The number of hydrogen-bond acceptors (Lipinski definition) is 11. The number of nitrogens with two attached hydrogens (primary N) is 1. The summed E-state index contributed by atoms with van der Waals surface area (Å²) in [5.41, 5.74) is 5.62. The number of nitrogen functional groups attached to an aromatic ring is 1. The van der Waals surface area contributed by atoms with E-state index >= 15 is 0 Å². The van der Waals surface area contributed by atoms with Crippen molar-refractivity contribution in [1.82, 2.24) is 20.1 Å². The Labute approximate surface area is 272 Å². The molecule has 2 aliphatic heterocycles. The Balaban J connectivity index is 0.00000442. The minimum absolute atomic E-state index is 0. The Kier molecular flexibility index (Phi) is 10.9. The van der Waals surface area contributed by atoms with E-state index in [4.69, 9.17) is 15.3 Å². The molecule has 44 heavy (non-hydrogen) atoms. The Morgan fingerprint density at radius 2 is 2.00 bits per heavy atom. The van der Waals surface area contributed by atoms with Gasteiger partial charge in [0, 0.05) is 36.5 Å². The molecule has 14 nitrogen and oxygen atoms in total. The van der Waals surface area contributed by atoms with Crippen molar-refractivity contribution in [3.05, 3.63) is 47.1 Å². The summed E-state index contributed by atoms with van der Waals surface area (Å²) in [7, 11) is 3.37. The number of aliphatic carboxylic acids is 1. The normalized spacial score (nSPS) is 19.8. The zero-order chi connectivity index (χ0) is 30.7. The summed E-state index contributed by atoms with van der Waals surface area (Å²) in [4.78, 5) is 63.8. The number of anilines is 1. The van der Waals surface area contributed by atoms with Crippen molar-refractivity contribution in [3.8, 4) is 0 Å². The Hall–Kier alpha value is -3.70. The highest BCUT2D eigenvalue weighted by Gasteiger charge is 2.55. The zero-order valence-electron chi connectivity index (χ0n) is 24.0. The van der Waals surface area contributed by atoms with Gasteiger partial charge in [-0.25, -0.2) is 9.78 Å². The number of rotatable bonds is 11. The molecular formula is C27H32BrN7O7S2. The topological polar surface area (TPSA) is 181 Å². The number of carboxylic acid groups (broad SMARTS) is 1. The van der Waals surface area contributed by atoms with Gasteiger partial charge in [0.15, 0.2) is 28.9 Å². The fraction of sp³-hybridized carbons (Fsp3) is 0.444. The minimum Gasteiger partial charge on any atom is -1.00 e. The number of hydrogen-bond donors (Lipinski definition) is 3. The lowest BCUT2D eigenvalue weighted by molar-refractivity contribution is -0.685. The van der Waals surface area contributed by atoms with E-state index in [1.165, 1.54) is 16.7 Å². The average Bonchev–Trinajstić information content (AvgIpc) is 3.67. The van der Waals surface area contributed by atoms with Crippen molar-refractivity contribution in [1.29, 1.82) is 0 Å². The van der Waals surface area contributed by atoms with E-state index < -0.39 is 29.9 Å². The third-order valence-corrected chi connectivity index (χ3v) is 8.95. The van der Waals surface area contributed by atoms with E-state index in [1.807, 2.05) is 12.1 Å². The van der Waals surface area contributed by atoms with Crippen LogP contribution in [-0.2, 0) is 35.3 Å². The molecule has 4 heterocycles. The van der Waals surface area contributed by atoms with Crippen LogP contribution in [0.4, 0.5) is 5.13 Å². The number of halogens is 1. The highest BCUT2D eigenvalue weighted by molar-refractivity contribution is 7.99. The fourth-order valence-corrected chi connectivity index (χ4v) is 6.27. The monoisotopic (exact) mass is 709 g/mol. The standard InChI is InChI=1S/C27H31N7O7S2.BrH/c1-32(2)20(35)11-33-9-7-16(8-10-33)42-14-19-23(26(38)39)34-18(12-40-19)22(25(34)37)30-24(36)21(17-13-43-27(28)29-17)31-41-15-5-3-4-6-15;/h7-10,13,15,18,22H,3-6,11-12,14H2,1-2H3,(H3-,28,29,30,36,38,39);1H/b31-21-;/t18-,22+;/m1./s1. The molecule has 1 aliphatic carbocycles. The summed E-state index contributed by atoms with van der Waals surface area (Å²) >= 11 is 2.47. The number of carboxylic acids is 1. The second-order valence-corrected chi connectivity index (χ2v) is 12.4. The van der Waals surface area contributed by atoms with Crippen molar-refractivity contribution in [2.24, 2.45) is 5.16 Å². The molecule has 236 valence electrons. The van der Waals surface area contributed by atoms with Crippen molar-refractivity contribution < 1.29 is 55.4 Å².